The molecule has 0 N–H and O–H groups in total. The van der Waals surface area contributed by atoms with E-state index in [0.717, 1.165) is 28.3 Å². The molecule has 0 aliphatic carbocycles. The molecule has 56 heavy (non-hydrogen) atoms. The van der Waals surface area contributed by atoms with Crippen LogP contribution in [0.5, 0.6) is 0 Å². The Bertz CT molecular complexity index is 2930. The van der Waals surface area contributed by atoms with E-state index >= 15 is 0 Å². The molecule has 1 aromatic heterocycles. The van der Waals surface area contributed by atoms with Gasteiger partial charge in [0.15, 0.2) is 0 Å². The Morgan fingerprint density at radius 3 is 1.50 bits per heavy atom. The molecule has 0 aliphatic rings. The zero-order valence-electron chi connectivity index (χ0n) is 30.8. The molecule has 0 atom stereocenters. The standard InChI is InChI=1S/C54H38N2/c1-5-18-39(19-6-1)40-32-34-44(35-33-40)55(52-31-17-28-47(42-22-9-3-10-23-42)54(52)43-24-11-4-12-25-43)45-36-37-49-48-27-14-16-30-51(48)56(53(49)38-45)50-29-15-13-26-46(50)41-20-7-2-8-21-41/h1-38H. The zero-order valence-corrected chi connectivity index (χ0v) is 30.8. The Kier molecular flexibility index (Phi) is 8.55. The van der Waals surface area contributed by atoms with Crippen LogP contribution < -0.4 is 4.90 Å². The molecule has 10 rings (SSSR count). The van der Waals surface area contributed by atoms with Gasteiger partial charge in [0.05, 0.1) is 22.4 Å². The number of nitrogens with zero attached hydrogens (tertiary/aromatic N) is 2. The SMILES string of the molecule is c1ccc(-c2ccc(N(c3ccc4c5ccccc5n(-c5ccccc5-c5ccccc5)c4c3)c3cccc(-c4ccccc4)c3-c3ccccc3)cc2)cc1. The minimum atomic E-state index is 1.08. The number of anilines is 3. The highest BCUT2D eigenvalue weighted by molar-refractivity contribution is 6.11. The topological polar surface area (TPSA) is 8.17 Å². The van der Waals surface area contributed by atoms with E-state index in [2.05, 4.69) is 240 Å². The average Bonchev–Trinajstić information content (AvgIpc) is 3.61. The van der Waals surface area contributed by atoms with Crippen LogP contribution in [0.3, 0.4) is 0 Å². The minimum Gasteiger partial charge on any atom is -0.310 e. The highest BCUT2D eigenvalue weighted by Gasteiger charge is 2.23. The number of rotatable bonds is 8. The van der Waals surface area contributed by atoms with Gasteiger partial charge in [0.2, 0.25) is 0 Å². The summed E-state index contributed by atoms with van der Waals surface area (Å²) in [5.74, 6) is 0. The second-order valence-corrected chi connectivity index (χ2v) is 14.1. The van der Waals surface area contributed by atoms with Crippen molar-refractivity contribution in [1.29, 1.82) is 0 Å². The second-order valence-electron chi connectivity index (χ2n) is 14.1. The fourth-order valence-corrected chi connectivity index (χ4v) is 8.24. The first-order chi connectivity index (χ1) is 27.8. The summed E-state index contributed by atoms with van der Waals surface area (Å²) in [6, 6.07) is 83.1. The lowest BCUT2D eigenvalue weighted by Gasteiger charge is -2.29. The van der Waals surface area contributed by atoms with Crippen molar-refractivity contribution in [3.8, 4) is 50.2 Å². The molecule has 0 fully saturated rings. The molecule has 10 aromatic rings. The van der Waals surface area contributed by atoms with Crippen molar-refractivity contribution >= 4 is 38.9 Å². The van der Waals surface area contributed by atoms with Gasteiger partial charge in [-0.05, 0) is 75.8 Å². The Morgan fingerprint density at radius 1 is 0.304 bits per heavy atom. The van der Waals surface area contributed by atoms with Gasteiger partial charge in [-0.1, -0.05) is 188 Å². The van der Waals surface area contributed by atoms with Gasteiger partial charge in [-0.25, -0.2) is 0 Å². The third-order valence-electron chi connectivity index (χ3n) is 10.8. The van der Waals surface area contributed by atoms with E-state index in [1.807, 2.05) is 0 Å². The van der Waals surface area contributed by atoms with Crippen LogP contribution in [0.1, 0.15) is 0 Å². The molecule has 1 heterocycles. The Labute approximate surface area is 327 Å². The summed E-state index contributed by atoms with van der Waals surface area (Å²) in [6.45, 7) is 0. The minimum absolute atomic E-state index is 1.08. The number of benzene rings is 9. The van der Waals surface area contributed by atoms with Gasteiger partial charge in [-0.2, -0.15) is 0 Å². The summed E-state index contributed by atoms with van der Waals surface area (Å²) in [5, 5.41) is 2.44. The molecule has 0 saturated heterocycles. The number of aromatic nitrogens is 1. The molecule has 2 heteroatoms. The molecule has 0 bridgehead atoms. The maximum absolute atomic E-state index is 2.45. The normalized spacial score (nSPS) is 11.2. The van der Waals surface area contributed by atoms with Crippen molar-refractivity contribution < 1.29 is 0 Å². The predicted molar refractivity (Wildman–Crippen MR) is 237 cm³/mol. The molecule has 0 unspecified atom stereocenters. The molecule has 0 spiro atoms. The molecular formula is C54H38N2. The first-order valence-corrected chi connectivity index (χ1v) is 19.2. The molecule has 0 radical (unpaired) electrons. The van der Waals surface area contributed by atoms with Crippen LogP contribution >= 0.6 is 0 Å². The Hall–Kier alpha value is -7.42. The summed E-state index contributed by atoms with van der Waals surface area (Å²) in [5.41, 5.74) is 16.2. The number of para-hydroxylation sites is 2. The zero-order chi connectivity index (χ0) is 37.3. The maximum Gasteiger partial charge on any atom is 0.0562 e. The summed E-state index contributed by atoms with van der Waals surface area (Å²) >= 11 is 0. The third-order valence-corrected chi connectivity index (χ3v) is 10.8. The fourth-order valence-electron chi connectivity index (χ4n) is 8.24. The van der Waals surface area contributed by atoms with E-state index in [1.54, 1.807) is 0 Å². The van der Waals surface area contributed by atoms with E-state index in [0.29, 0.717) is 0 Å². The molecule has 9 aromatic carbocycles. The third kappa shape index (κ3) is 5.95. The lowest BCUT2D eigenvalue weighted by atomic mass is 9.92. The summed E-state index contributed by atoms with van der Waals surface area (Å²) in [7, 11) is 0. The molecule has 264 valence electrons. The van der Waals surface area contributed by atoms with Gasteiger partial charge in [0.1, 0.15) is 0 Å². The van der Waals surface area contributed by atoms with Crippen LogP contribution in [0.15, 0.2) is 231 Å². The van der Waals surface area contributed by atoms with Crippen molar-refractivity contribution in [2.24, 2.45) is 0 Å². The van der Waals surface area contributed by atoms with E-state index in [4.69, 9.17) is 0 Å². The van der Waals surface area contributed by atoms with Gasteiger partial charge >= 0.3 is 0 Å². The second kappa shape index (κ2) is 14.4. The lowest BCUT2D eigenvalue weighted by Crippen LogP contribution is -2.12. The molecule has 0 amide bonds. The van der Waals surface area contributed by atoms with Crippen LogP contribution in [-0.4, -0.2) is 4.57 Å². The van der Waals surface area contributed by atoms with E-state index in [9.17, 15) is 0 Å². The van der Waals surface area contributed by atoms with Gasteiger partial charge in [-0.15, -0.1) is 0 Å². The van der Waals surface area contributed by atoms with E-state index < -0.39 is 0 Å². The molecule has 2 nitrogen and oxygen atoms in total. The largest absolute Gasteiger partial charge is 0.310 e. The Morgan fingerprint density at radius 2 is 0.804 bits per heavy atom. The maximum atomic E-state index is 2.45. The summed E-state index contributed by atoms with van der Waals surface area (Å²) < 4.78 is 2.45. The van der Waals surface area contributed by atoms with Crippen molar-refractivity contribution in [3.63, 3.8) is 0 Å². The van der Waals surface area contributed by atoms with Crippen LogP contribution in [0, 0.1) is 0 Å². The van der Waals surface area contributed by atoms with E-state index in [1.165, 1.54) is 60.8 Å². The molecule has 0 aliphatic heterocycles. The fraction of sp³-hybridized carbons (Fsp3) is 0. The first kappa shape index (κ1) is 33.2. The number of hydrogen-bond acceptors (Lipinski definition) is 1. The van der Waals surface area contributed by atoms with Crippen LogP contribution in [0.25, 0.3) is 72.0 Å². The van der Waals surface area contributed by atoms with Gasteiger partial charge in [0.25, 0.3) is 0 Å². The monoisotopic (exact) mass is 714 g/mol. The lowest BCUT2D eigenvalue weighted by molar-refractivity contribution is 1.18. The van der Waals surface area contributed by atoms with Crippen molar-refractivity contribution in [2.75, 3.05) is 4.90 Å². The van der Waals surface area contributed by atoms with Gasteiger partial charge < -0.3 is 9.47 Å². The van der Waals surface area contributed by atoms with Crippen LogP contribution in [0.4, 0.5) is 17.1 Å². The highest BCUT2D eigenvalue weighted by Crippen LogP contribution is 2.47. The average molecular weight is 715 g/mol. The summed E-state index contributed by atoms with van der Waals surface area (Å²) in [6.07, 6.45) is 0. The quantitative estimate of drug-likeness (QED) is 0.152. The molecular weight excluding hydrogens is 677 g/mol. The van der Waals surface area contributed by atoms with Crippen molar-refractivity contribution in [2.45, 2.75) is 0 Å². The predicted octanol–water partition coefficient (Wildman–Crippen LogP) is 14.9. The van der Waals surface area contributed by atoms with E-state index in [-0.39, 0.29) is 0 Å². The van der Waals surface area contributed by atoms with Crippen molar-refractivity contribution in [1.82, 2.24) is 4.57 Å². The van der Waals surface area contributed by atoms with Crippen LogP contribution in [-0.2, 0) is 0 Å². The van der Waals surface area contributed by atoms with Gasteiger partial charge in [0, 0.05) is 33.3 Å². The summed E-state index contributed by atoms with van der Waals surface area (Å²) in [4.78, 5) is 2.44. The number of fused-ring (bicyclic) bond motifs is 3. The Balaban J connectivity index is 1.25. The van der Waals surface area contributed by atoms with Gasteiger partial charge in [-0.3, -0.25) is 0 Å². The van der Waals surface area contributed by atoms with Crippen molar-refractivity contribution in [3.05, 3.63) is 231 Å². The number of hydrogen-bond donors (Lipinski definition) is 0. The first-order valence-electron chi connectivity index (χ1n) is 19.2. The molecule has 0 saturated carbocycles. The van der Waals surface area contributed by atoms with Crippen LogP contribution in [0.2, 0.25) is 0 Å². The highest BCUT2D eigenvalue weighted by atomic mass is 15.1. The smallest absolute Gasteiger partial charge is 0.0562 e.